The molecule has 1 aromatic heterocycles. The number of nitrogens with zero attached hydrogens (tertiary/aromatic N) is 2. The molecule has 104 valence electrons. The lowest BCUT2D eigenvalue weighted by Gasteiger charge is -2.25. The van der Waals surface area contributed by atoms with Gasteiger partial charge in [0.15, 0.2) is 0 Å². The zero-order chi connectivity index (χ0) is 13.8. The van der Waals surface area contributed by atoms with Crippen LogP contribution in [0.15, 0.2) is 48.8 Å². The largest absolute Gasteiger partial charge is 0.296 e. The van der Waals surface area contributed by atoms with Gasteiger partial charge < -0.3 is 0 Å². The highest BCUT2D eigenvalue weighted by atomic mass is 35.5. The highest BCUT2D eigenvalue weighted by Crippen LogP contribution is 2.35. The molecule has 1 aliphatic heterocycles. The highest BCUT2D eigenvalue weighted by Gasteiger charge is 2.26. The van der Waals surface area contributed by atoms with E-state index in [9.17, 15) is 0 Å². The van der Waals surface area contributed by atoms with E-state index in [-0.39, 0.29) is 0 Å². The van der Waals surface area contributed by atoms with Crippen LogP contribution in [0.1, 0.15) is 30.0 Å². The van der Waals surface area contributed by atoms with Gasteiger partial charge in [0, 0.05) is 30.0 Å². The zero-order valence-corrected chi connectivity index (χ0v) is 12.3. The summed E-state index contributed by atoms with van der Waals surface area (Å²) in [6, 6.07) is 12.9. The predicted octanol–water partition coefficient (Wildman–Crippen LogP) is 4.11. The molecule has 1 unspecified atom stereocenters. The van der Waals surface area contributed by atoms with Crippen LogP contribution < -0.4 is 0 Å². The standard InChI is InChI=1S/C17H19ClN2/c18-16-5-2-1-4-15(16)17-6-3-12-20(17)13-9-14-7-10-19-11-8-14/h1-2,4-5,7-8,10-11,17H,3,6,9,12-13H2. The van der Waals surface area contributed by atoms with Crippen LogP contribution in [0.3, 0.4) is 0 Å². The summed E-state index contributed by atoms with van der Waals surface area (Å²) in [6.07, 6.45) is 7.27. The van der Waals surface area contributed by atoms with Crippen molar-refractivity contribution < 1.29 is 0 Å². The van der Waals surface area contributed by atoms with Gasteiger partial charge in [-0.1, -0.05) is 29.8 Å². The van der Waals surface area contributed by atoms with Crippen LogP contribution in [0.25, 0.3) is 0 Å². The molecule has 0 radical (unpaired) electrons. The molecular weight excluding hydrogens is 268 g/mol. The Morgan fingerprint density at radius 2 is 1.95 bits per heavy atom. The van der Waals surface area contributed by atoms with Crippen LogP contribution in [0.2, 0.25) is 5.02 Å². The van der Waals surface area contributed by atoms with Gasteiger partial charge in [-0.15, -0.1) is 0 Å². The lowest BCUT2D eigenvalue weighted by atomic mass is 10.0. The normalized spacial score (nSPS) is 19.4. The lowest BCUT2D eigenvalue weighted by Crippen LogP contribution is -2.25. The van der Waals surface area contributed by atoms with E-state index in [2.05, 4.69) is 34.1 Å². The minimum atomic E-state index is 0.477. The number of benzene rings is 1. The molecule has 1 fully saturated rings. The number of halogens is 1. The summed E-state index contributed by atoms with van der Waals surface area (Å²) in [6.45, 7) is 2.25. The van der Waals surface area contributed by atoms with E-state index in [1.807, 2.05) is 24.5 Å². The molecule has 1 aromatic carbocycles. The van der Waals surface area contributed by atoms with Gasteiger partial charge in [-0.3, -0.25) is 9.88 Å². The van der Waals surface area contributed by atoms with Crippen molar-refractivity contribution in [1.82, 2.24) is 9.88 Å². The van der Waals surface area contributed by atoms with Crippen LogP contribution >= 0.6 is 11.6 Å². The molecular formula is C17H19ClN2. The summed E-state index contributed by atoms with van der Waals surface area (Å²) in [7, 11) is 0. The van der Waals surface area contributed by atoms with Gasteiger partial charge in [0.05, 0.1) is 0 Å². The maximum atomic E-state index is 6.35. The minimum absolute atomic E-state index is 0.477. The molecule has 1 aliphatic rings. The number of aromatic nitrogens is 1. The van der Waals surface area contributed by atoms with Gasteiger partial charge in [0.25, 0.3) is 0 Å². The van der Waals surface area contributed by atoms with Crippen molar-refractivity contribution in [3.63, 3.8) is 0 Å². The van der Waals surface area contributed by atoms with Crippen LogP contribution in [-0.2, 0) is 6.42 Å². The predicted molar refractivity (Wildman–Crippen MR) is 82.9 cm³/mol. The van der Waals surface area contributed by atoms with Gasteiger partial charge in [-0.25, -0.2) is 0 Å². The molecule has 1 saturated heterocycles. The Morgan fingerprint density at radius 3 is 2.75 bits per heavy atom. The molecule has 0 bridgehead atoms. The van der Waals surface area contributed by atoms with Crippen molar-refractivity contribution in [2.75, 3.05) is 13.1 Å². The maximum Gasteiger partial charge on any atom is 0.0453 e. The average molecular weight is 287 g/mol. The molecule has 0 N–H and O–H groups in total. The van der Waals surface area contributed by atoms with Crippen molar-refractivity contribution in [3.8, 4) is 0 Å². The van der Waals surface area contributed by atoms with E-state index >= 15 is 0 Å². The molecule has 3 heteroatoms. The van der Waals surface area contributed by atoms with Crippen molar-refractivity contribution >= 4 is 11.6 Å². The third-order valence-corrected chi connectivity index (χ3v) is 4.41. The fourth-order valence-corrected chi connectivity index (χ4v) is 3.28. The fraction of sp³-hybridized carbons (Fsp3) is 0.353. The lowest BCUT2D eigenvalue weighted by molar-refractivity contribution is 0.260. The van der Waals surface area contributed by atoms with Crippen LogP contribution in [0.5, 0.6) is 0 Å². The molecule has 2 aromatic rings. The van der Waals surface area contributed by atoms with Crippen molar-refractivity contribution in [2.45, 2.75) is 25.3 Å². The number of pyridine rings is 1. The smallest absolute Gasteiger partial charge is 0.0453 e. The Balaban J connectivity index is 1.69. The molecule has 0 aliphatic carbocycles. The molecule has 0 amide bonds. The summed E-state index contributed by atoms with van der Waals surface area (Å²) in [5, 5.41) is 0.897. The first-order chi connectivity index (χ1) is 9.84. The van der Waals surface area contributed by atoms with Crippen LogP contribution in [0, 0.1) is 0 Å². The third-order valence-electron chi connectivity index (χ3n) is 4.06. The Bertz CT molecular complexity index is 556. The van der Waals surface area contributed by atoms with Crippen molar-refractivity contribution in [2.24, 2.45) is 0 Å². The summed E-state index contributed by atoms with van der Waals surface area (Å²) in [5.74, 6) is 0. The number of hydrogen-bond donors (Lipinski definition) is 0. The first-order valence-corrected chi connectivity index (χ1v) is 7.60. The van der Waals surface area contributed by atoms with Crippen LogP contribution in [0.4, 0.5) is 0 Å². The number of likely N-dealkylation sites (tertiary alicyclic amines) is 1. The quantitative estimate of drug-likeness (QED) is 0.841. The van der Waals surface area contributed by atoms with Gasteiger partial charge in [-0.2, -0.15) is 0 Å². The van der Waals surface area contributed by atoms with E-state index in [0.717, 1.165) is 18.0 Å². The topological polar surface area (TPSA) is 16.1 Å². The second kappa shape index (κ2) is 6.38. The minimum Gasteiger partial charge on any atom is -0.296 e. The summed E-state index contributed by atoms with van der Waals surface area (Å²) in [5.41, 5.74) is 2.63. The average Bonchev–Trinajstić information content (AvgIpc) is 2.95. The first-order valence-electron chi connectivity index (χ1n) is 7.22. The number of hydrogen-bond acceptors (Lipinski definition) is 2. The maximum absolute atomic E-state index is 6.35. The van der Waals surface area contributed by atoms with Gasteiger partial charge in [-0.05, 0) is 55.1 Å². The summed E-state index contributed by atoms with van der Waals surface area (Å²) in [4.78, 5) is 6.63. The summed E-state index contributed by atoms with van der Waals surface area (Å²) < 4.78 is 0. The van der Waals surface area contributed by atoms with Gasteiger partial charge in [0.1, 0.15) is 0 Å². The van der Waals surface area contributed by atoms with Gasteiger partial charge in [0.2, 0.25) is 0 Å². The molecule has 2 heterocycles. The Kier molecular flexibility index (Phi) is 4.34. The van der Waals surface area contributed by atoms with E-state index in [1.54, 1.807) is 0 Å². The molecule has 0 spiro atoms. The van der Waals surface area contributed by atoms with Crippen LogP contribution in [-0.4, -0.2) is 23.0 Å². The molecule has 3 rings (SSSR count). The van der Waals surface area contributed by atoms with E-state index < -0.39 is 0 Å². The zero-order valence-electron chi connectivity index (χ0n) is 11.5. The second-order valence-corrected chi connectivity index (χ2v) is 5.73. The third kappa shape index (κ3) is 3.02. The fourth-order valence-electron chi connectivity index (χ4n) is 3.01. The molecule has 20 heavy (non-hydrogen) atoms. The van der Waals surface area contributed by atoms with Crippen molar-refractivity contribution in [1.29, 1.82) is 0 Å². The van der Waals surface area contributed by atoms with Gasteiger partial charge >= 0.3 is 0 Å². The monoisotopic (exact) mass is 286 g/mol. The molecule has 2 nitrogen and oxygen atoms in total. The summed E-state index contributed by atoms with van der Waals surface area (Å²) >= 11 is 6.35. The number of rotatable bonds is 4. The molecule has 0 saturated carbocycles. The van der Waals surface area contributed by atoms with Crippen molar-refractivity contribution in [3.05, 3.63) is 64.9 Å². The Labute approximate surface area is 125 Å². The van der Waals surface area contributed by atoms with E-state index in [0.29, 0.717) is 6.04 Å². The van der Waals surface area contributed by atoms with E-state index in [4.69, 9.17) is 11.6 Å². The second-order valence-electron chi connectivity index (χ2n) is 5.32. The SMILES string of the molecule is Clc1ccccc1C1CCCN1CCc1ccncc1. The highest BCUT2D eigenvalue weighted by molar-refractivity contribution is 6.31. The molecule has 1 atom stereocenters. The van der Waals surface area contributed by atoms with E-state index in [1.165, 1.54) is 30.5 Å². The Hall–Kier alpha value is -1.38. The Morgan fingerprint density at radius 1 is 1.15 bits per heavy atom. The first kappa shape index (κ1) is 13.6.